The molecule has 1 heteroatoms. The summed E-state index contributed by atoms with van der Waals surface area (Å²) in [5.41, 5.74) is 2.44. The van der Waals surface area contributed by atoms with E-state index in [2.05, 4.69) is 18.1 Å². The molecule has 0 aliphatic rings. The van der Waals surface area contributed by atoms with E-state index in [-0.39, 0.29) is 0 Å². The molecular formula is C12H14O. The summed E-state index contributed by atoms with van der Waals surface area (Å²) in [7, 11) is 1.68. The third-order valence-electron chi connectivity index (χ3n) is 2.02. The van der Waals surface area contributed by atoms with Crippen molar-refractivity contribution >= 4 is 0 Å². The predicted octanol–water partition coefficient (Wildman–Crippen LogP) is 2.57. The standard InChI is InChI=1S/C12H14O/c1-4-5-6-11-7-8-12(13-3)10(2)9-11/h1,7-9H,5-6H2,2-3H3. The first-order valence-electron chi connectivity index (χ1n) is 4.35. The van der Waals surface area contributed by atoms with E-state index in [1.54, 1.807) is 7.11 Å². The molecule has 0 aromatic heterocycles. The second kappa shape index (κ2) is 4.57. The molecule has 1 aromatic carbocycles. The fourth-order valence-corrected chi connectivity index (χ4v) is 1.31. The molecule has 0 radical (unpaired) electrons. The SMILES string of the molecule is C#CCCc1ccc(OC)c(C)c1. The molecule has 0 bridgehead atoms. The number of rotatable bonds is 3. The van der Waals surface area contributed by atoms with Crippen LogP contribution in [0.4, 0.5) is 0 Å². The number of benzene rings is 1. The van der Waals surface area contributed by atoms with Crippen molar-refractivity contribution in [2.75, 3.05) is 7.11 Å². The van der Waals surface area contributed by atoms with Crippen molar-refractivity contribution < 1.29 is 4.74 Å². The van der Waals surface area contributed by atoms with Gasteiger partial charge in [0.25, 0.3) is 0 Å². The maximum absolute atomic E-state index is 5.20. The summed E-state index contributed by atoms with van der Waals surface area (Å²) >= 11 is 0. The van der Waals surface area contributed by atoms with Crippen molar-refractivity contribution in [3.8, 4) is 18.1 Å². The van der Waals surface area contributed by atoms with E-state index in [9.17, 15) is 0 Å². The Balaban J connectivity index is 2.78. The molecule has 0 fully saturated rings. The van der Waals surface area contributed by atoms with Crippen molar-refractivity contribution in [1.29, 1.82) is 0 Å². The van der Waals surface area contributed by atoms with Crippen LogP contribution in [0.25, 0.3) is 0 Å². The molecule has 0 unspecified atom stereocenters. The molecule has 0 aliphatic carbocycles. The Morgan fingerprint density at radius 3 is 2.77 bits per heavy atom. The molecule has 1 aromatic rings. The van der Waals surface area contributed by atoms with E-state index in [1.807, 2.05) is 13.0 Å². The molecule has 68 valence electrons. The van der Waals surface area contributed by atoms with E-state index in [0.29, 0.717) is 0 Å². The van der Waals surface area contributed by atoms with Crippen LogP contribution in [0.5, 0.6) is 5.75 Å². The van der Waals surface area contributed by atoms with Gasteiger partial charge in [-0.3, -0.25) is 0 Å². The van der Waals surface area contributed by atoms with E-state index >= 15 is 0 Å². The second-order valence-corrected chi connectivity index (χ2v) is 3.01. The zero-order valence-corrected chi connectivity index (χ0v) is 8.13. The number of ether oxygens (including phenoxy) is 1. The molecule has 0 spiro atoms. The molecule has 0 saturated carbocycles. The predicted molar refractivity (Wildman–Crippen MR) is 54.9 cm³/mol. The number of aryl methyl sites for hydroxylation is 2. The van der Waals surface area contributed by atoms with Crippen LogP contribution in [0.3, 0.4) is 0 Å². The van der Waals surface area contributed by atoms with Crippen molar-refractivity contribution in [2.24, 2.45) is 0 Å². The van der Waals surface area contributed by atoms with Crippen LogP contribution in [-0.2, 0) is 6.42 Å². The molecule has 13 heavy (non-hydrogen) atoms. The lowest BCUT2D eigenvalue weighted by Crippen LogP contribution is -1.90. The molecule has 1 rings (SSSR count). The molecule has 0 N–H and O–H groups in total. The van der Waals surface area contributed by atoms with Gasteiger partial charge in [0.2, 0.25) is 0 Å². The maximum Gasteiger partial charge on any atom is 0.121 e. The number of terminal acetylenes is 1. The highest BCUT2D eigenvalue weighted by atomic mass is 16.5. The minimum Gasteiger partial charge on any atom is -0.496 e. The summed E-state index contributed by atoms with van der Waals surface area (Å²) in [6, 6.07) is 6.17. The van der Waals surface area contributed by atoms with Gasteiger partial charge < -0.3 is 4.74 Å². The van der Waals surface area contributed by atoms with Crippen LogP contribution in [0.1, 0.15) is 17.5 Å². The first-order chi connectivity index (χ1) is 6.27. The van der Waals surface area contributed by atoms with Gasteiger partial charge in [-0.05, 0) is 30.5 Å². The lowest BCUT2D eigenvalue weighted by Gasteiger charge is -2.05. The molecule has 0 aliphatic heterocycles. The summed E-state index contributed by atoms with van der Waals surface area (Å²) in [5, 5.41) is 0. The smallest absolute Gasteiger partial charge is 0.121 e. The zero-order valence-electron chi connectivity index (χ0n) is 8.13. The Morgan fingerprint density at radius 1 is 1.46 bits per heavy atom. The summed E-state index contributed by atoms with van der Waals surface area (Å²) in [6.07, 6.45) is 6.94. The number of hydrogen-bond donors (Lipinski definition) is 0. The van der Waals surface area contributed by atoms with Gasteiger partial charge in [0, 0.05) is 6.42 Å². The summed E-state index contributed by atoms with van der Waals surface area (Å²) in [4.78, 5) is 0. The molecule has 0 atom stereocenters. The van der Waals surface area contributed by atoms with Gasteiger partial charge >= 0.3 is 0 Å². The molecule has 0 amide bonds. The van der Waals surface area contributed by atoms with Crippen molar-refractivity contribution in [3.05, 3.63) is 29.3 Å². The fraction of sp³-hybridized carbons (Fsp3) is 0.333. The molecule has 0 heterocycles. The third kappa shape index (κ3) is 2.52. The van der Waals surface area contributed by atoms with Crippen molar-refractivity contribution in [2.45, 2.75) is 19.8 Å². The third-order valence-corrected chi connectivity index (χ3v) is 2.02. The Morgan fingerprint density at radius 2 is 2.23 bits per heavy atom. The van der Waals surface area contributed by atoms with Gasteiger partial charge in [-0.1, -0.05) is 12.1 Å². The number of hydrogen-bond acceptors (Lipinski definition) is 1. The van der Waals surface area contributed by atoms with E-state index in [4.69, 9.17) is 11.2 Å². The first-order valence-corrected chi connectivity index (χ1v) is 4.35. The van der Waals surface area contributed by atoms with Crippen molar-refractivity contribution in [1.82, 2.24) is 0 Å². The summed E-state index contributed by atoms with van der Waals surface area (Å²) < 4.78 is 5.16. The van der Waals surface area contributed by atoms with Crippen LogP contribution in [0.2, 0.25) is 0 Å². The Kier molecular flexibility index (Phi) is 3.40. The highest BCUT2D eigenvalue weighted by Gasteiger charge is 1.98. The van der Waals surface area contributed by atoms with Crippen LogP contribution in [0.15, 0.2) is 18.2 Å². The van der Waals surface area contributed by atoms with Crippen LogP contribution < -0.4 is 4.74 Å². The van der Waals surface area contributed by atoms with Crippen LogP contribution in [0, 0.1) is 19.3 Å². The van der Waals surface area contributed by atoms with Gasteiger partial charge in [0.1, 0.15) is 5.75 Å². The van der Waals surface area contributed by atoms with Gasteiger partial charge in [-0.25, -0.2) is 0 Å². The van der Waals surface area contributed by atoms with Crippen LogP contribution >= 0.6 is 0 Å². The lowest BCUT2D eigenvalue weighted by molar-refractivity contribution is 0.411. The van der Waals surface area contributed by atoms with E-state index in [1.165, 1.54) is 5.56 Å². The quantitative estimate of drug-likeness (QED) is 0.640. The largest absolute Gasteiger partial charge is 0.496 e. The van der Waals surface area contributed by atoms with E-state index in [0.717, 1.165) is 24.2 Å². The molecule has 0 saturated heterocycles. The number of methoxy groups -OCH3 is 1. The van der Waals surface area contributed by atoms with E-state index < -0.39 is 0 Å². The zero-order chi connectivity index (χ0) is 9.68. The van der Waals surface area contributed by atoms with Crippen LogP contribution in [-0.4, -0.2) is 7.11 Å². The Labute approximate surface area is 79.7 Å². The monoisotopic (exact) mass is 174 g/mol. The maximum atomic E-state index is 5.20. The average molecular weight is 174 g/mol. The van der Waals surface area contributed by atoms with Gasteiger partial charge in [0.05, 0.1) is 7.11 Å². The molecule has 1 nitrogen and oxygen atoms in total. The van der Waals surface area contributed by atoms with Gasteiger partial charge in [0.15, 0.2) is 0 Å². The summed E-state index contributed by atoms with van der Waals surface area (Å²) in [6.45, 7) is 2.04. The van der Waals surface area contributed by atoms with Gasteiger partial charge in [-0.15, -0.1) is 12.3 Å². The molecular weight excluding hydrogens is 160 g/mol. The van der Waals surface area contributed by atoms with Crippen molar-refractivity contribution in [3.63, 3.8) is 0 Å². The minimum atomic E-state index is 0.797. The highest BCUT2D eigenvalue weighted by molar-refractivity contribution is 5.36. The normalized spacial score (nSPS) is 9.31. The average Bonchev–Trinajstić information content (AvgIpc) is 2.15. The second-order valence-electron chi connectivity index (χ2n) is 3.01. The fourth-order valence-electron chi connectivity index (χ4n) is 1.31. The lowest BCUT2D eigenvalue weighted by atomic mass is 10.1. The Bertz CT molecular complexity index is 320. The summed E-state index contributed by atoms with van der Waals surface area (Å²) in [5.74, 6) is 3.57. The van der Waals surface area contributed by atoms with Gasteiger partial charge in [-0.2, -0.15) is 0 Å². The first kappa shape index (κ1) is 9.67. The Hall–Kier alpha value is -1.42. The topological polar surface area (TPSA) is 9.23 Å². The highest BCUT2D eigenvalue weighted by Crippen LogP contribution is 2.18. The minimum absolute atomic E-state index is 0.797.